The number of halogens is 1. The molecule has 3 heteroatoms. The van der Waals surface area contributed by atoms with Gasteiger partial charge in [0.2, 0.25) is 0 Å². The SMILES string of the molecule is Cc1ccc(N=Nc2ccccc2)c(Br)c1. The Balaban J connectivity index is 2.24. The lowest BCUT2D eigenvalue weighted by Gasteiger charge is -1.98. The summed E-state index contributed by atoms with van der Waals surface area (Å²) in [4.78, 5) is 0. The Labute approximate surface area is 103 Å². The third-order valence-electron chi connectivity index (χ3n) is 2.13. The Morgan fingerprint density at radius 3 is 2.38 bits per heavy atom. The van der Waals surface area contributed by atoms with Gasteiger partial charge in [0.25, 0.3) is 0 Å². The molecule has 0 aromatic heterocycles. The molecule has 0 fully saturated rings. The Kier molecular flexibility index (Phi) is 3.47. The summed E-state index contributed by atoms with van der Waals surface area (Å²) in [6, 6.07) is 15.7. The lowest BCUT2D eigenvalue weighted by atomic mass is 10.2. The van der Waals surface area contributed by atoms with E-state index in [1.807, 2.05) is 55.5 Å². The standard InChI is InChI=1S/C13H11BrN2/c1-10-7-8-13(12(14)9-10)16-15-11-5-3-2-4-6-11/h2-9H,1H3. The summed E-state index contributed by atoms with van der Waals surface area (Å²) in [5.41, 5.74) is 2.90. The van der Waals surface area contributed by atoms with Crippen molar-refractivity contribution in [2.45, 2.75) is 6.92 Å². The number of aryl methyl sites for hydroxylation is 1. The molecule has 0 aliphatic heterocycles. The Morgan fingerprint density at radius 2 is 1.69 bits per heavy atom. The Morgan fingerprint density at radius 1 is 0.938 bits per heavy atom. The summed E-state index contributed by atoms with van der Waals surface area (Å²) >= 11 is 3.47. The third-order valence-corrected chi connectivity index (χ3v) is 2.77. The lowest BCUT2D eigenvalue weighted by molar-refractivity contribution is 1.22. The summed E-state index contributed by atoms with van der Waals surface area (Å²) < 4.78 is 0.965. The molecule has 0 bridgehead atoms. The van der Waals surface area contributed by atoms with Gasteiger partial charge in [-0.3, -0.25) is 0 Å². The smallest absolute Gasteiger partial charge is 0.0999 e. The van der Waals surface area contributed by atoms with E-state index in [0.29, 0.717) is 0 Å². The normalized spacial score (nSPS) is 10.9. The number of azo groups is 1. The molecule has 2 rings (SSSR count). The van der Waals surface area contributed by atoms with Crippen molar-refractivity contribution in [3.63, 3.8) is 0 Å². The molecule has 0 radical (unpaired) electrons. The van der Waals surface area contributed by atoms with Crippen molar-refractivity contribution in [3.8, 4) is 0 Å². The number of benzene rings is 2. The summed E-state index contributed by atoms with van der Waals surface area (Å²) in [5, 5.41) is 8.36. The van der Waals surface area contributed by atoms with Crippen LogP contribution in [0.15, 0.2) is 63.2 Å². The van der Waals surface area contributed by atoms with Crippen molar-refractivity contribution in [1.82, 2.24) is 0 Å². The summed E-state index contributed by atoms with van der Waals surface area (Å²) in [5.74, 6) is 0. The summed E-state index contributed by atoms with van der Waals surface area (Å²) in [6.07, 6.45) is 0. The van der Waals surface area contributed by atoms with E-state index in [2.05, 4.69) is 26.2 Å². The van der Waals surface area contributed by atoms with Gasteiger partial charge in [0.15, 0.2) is 0 Å². The van der Waals surface area contributed by atoms with E-state index >= 15 is 0 Å². The molecule has 0 saturated heterocycles. The number of rotatable bonds is 2. The summed E-state index contributed by atoms with van der Waals surface area (Å²) in [7, 11) is 0. The fourth-order valence-corrected chi connectivity index (χ4v) is 1.87. The average molecular weight is 275 g/mol. The van der Waals surface area contributed by atoms with Crippen LogP contribution in [0.1, 0.15) is 5.56 Å². The second kappa shape index (κ2) is 5.03. The van der Waals surface area contributed by atoms with Crippen LogP contribution in [0, 0.1) is 6.92 Å². The molecule has 0 saturated carbocycles. The van der Waals surface area contributed by atoms with Crippen molar-refractivity contribution in [3.05, 3.63) is 58.6 Å². The molecule has 2 nitrogen and oxygen atoms in total. The van der Waals surface area contributed by atoms with E-state index in [9.17, 15) is 0 Å². The monoisotopic (exact) mass is 274 g/mol. The van der Waals surface area contributed by atoms with Crippen LogP contribution < -0.4 is 0 Å². The van der Waals surface area contributed by atoms with Crippen LogP contribution in [0.3, 0.4) is 0 Å². The van der Waals surface area contributed by atoms with E-state index in [0.717, 1.165) is 15.8 Å². The van der Waals surface area contributed by atoms with Crippen molar-refractivity contribution in [2.24, 2.45) is 10.2 Å². The van der Waals surface area contributed by atoms with E-state index < -0.39 is 0 Å². The van der Waals surface area contributed by atoms with Gasteiger partial charge in [0, 0.05) is 4.47 Å². The van der Waals surface area contributed by atoms with E-state index in [1.165, 1.54) is 5.56 Å². The molecule has 0 unspecified atom stereocenters. The largest absolute Gasteiger partial charge is 0.151 e. The molecule has 80 valence electrons. The predicted octanol–water partition coefficient (Wildman–Crippen LogP) is 5.17. The minimum atomic E-state index is 0.842. The minimum absolute atomic E-state index is 0.842. The highest BCUT2D eigenvalue weighted by Crippen LogP contribution is 2.27. The van der Waals surface area contributed by atoms with E-state index in [4.69, 9.17) is 0 Å². The van der Waals surface area contributed by atoms with Gasteiger partial charge >= 0.3 is 0 Å². The van der Waals surface area contributed by atoms with Gasteiger partial charge in [-0.2, -0.15) is 5.11 Å². The molecule has 2 aromatic carbocycles. The highest BCUT2D eigenvalue weighted by atomic mass is 79.9. The second-order valence-corrected chi connectivity index (χ2v) is 4.34. The third kappa shape index (κ3) is 2.76. The van der Waals surface area contributed by atoms with Gasteiger partial charge in [0.05, 0.1) is 11.4 Å². The van der Waals surface area contributed by atoms with Gasteiger partial charge in [-0.05, 0) is 52.7 Å². The summed E-state index contributed by atoms with van der Waals surface area (Å²) in [6.45, 7) is 2.04. The molecule has 0 N–H and O–H groups in total. The molecular weight excluding hydrogens is 264 g/mol. The van der Waals surface area contributed by atoms with Gasteiger partial charge < -0.3 is 0 Å². The van der Waals surface area contributed by atoms with Crippen LogP contribution in [0.4, 0.5) is 11.4 Å². The van der Waals surface area contributed by atoms with E-state index in [-0.39, 0.29) is 0 Å². The van der Waals surface area contributed by atoms with Crippen LogP contribution >= 0.6 is 15.9 Å². The maximum absolute atomic E-state index is 4.20. The van der Waals surface area contributed by atoms with Crippen molar-refractivity contribution < 1.29 is 0 Å². The van der Waals surface area contributed by atoms with E-state index in [1.54, 1.807) is 0 Å². The molecule has 2 aromatic rings. The van der Waals surface area contributed by atoms with Gasteiger partial charge in [0.1, 0.15) is 0 Å². The molecule has 0 amide bonds. The quantitative estimate of drug-likeness (QED) is 0.675. The molecule has 0 heterocycles. The topological polar surface area (TPSA) is 24.7 Å². The van der Waals surface area contributed by atoms with Crippen molar-refractivity contribution in [1.29, 1.82) is 0 Å². The number of hydrogen-bond donors (Lipinski definition) is 0. The highest BCUT2D eigenvalue weighted by Gasteiger charge is 1.97. The zero-order valence-corrected chi connectivity index (χ0v) is 10.5. The second-order valence-electron chi connectivity index (χ2n) is 3.49. The van der Waals surface area contributed by atoms with Crippen LogP contribution in [-0.4, -0.2) is 0 Å². The first kappa shape index (κ1) is 11.0. The number of nitrogens with zero attached hydrogens (tertiary/aromatic N) is 2. The Hall–Kier alpha value is -1.48. The zero-order valence-electron chi connectivity index (χ0n) is 8.89. The van der Waals surface area contributed by atoms with Crippen molar-refractivity contribution in [2.75, 3.05) is 0 Å². The molecular formula is C13H11BrN2. The molecule has 16 heavy (non-hydrogen) atoms. The maximum atomic E-state index is 4.20. The lowest BCUT2D eigenvalue weighted by Crippen LogP contribution is -1.72. The molecule has 0 aliphatic carbocycles. The van der Waals surface area contributed by atoms with Gasteiger partial charge in [-0.1, -0.05) is 24.3 Å². The Bertz CT molecular complexity index is 507. The van der Waals surface area contributed by atoms with Crippen LogP contribution in [0.5, 0.6) is 0 Å². The minimum Gasteiger partial charge on any atom is -0.151 e. The van der Waals surface area contributed by atoms with Crippen LogP contribution in [0.25, 0.3) is 0 Å². The first-order chi connectivity index (χ1) is 7.75. The fraction of sp³-hybridized carbons (Fsp3) is 0.0769. The molecule has 0 spiro atoms. The zero-order chi connectivity index (χ0) is 11.4. The van der Waals surface area contributed by atoms with Crippen molar-refractivity contribution >= 4 is 27.3 Å². The molecule has 0 atom stereocenters. The predicted molar refractivity (Wildman–Crippen MR) is 69.5 cm³/mol. The first-order valence-electron chi connectivity index (χ1n) is 4.98. The van der Waals surface area contributed by atoms with Crippen LogP contribution in [0.2, 0.25) is 0 Å². The molecule has 0 aliphatic rings. The number of hydrogen-bond acceptors (Lipinski definition) is 2. The first-order valence-corrected chi connectivity index (χ1v) is 5.78. The highest BCUT2D eigenvalue weighted by molar-refractivity contribution is 9.10. The van der Waals surface area contributed by atoms with Gasteiger partial charge in [-0.15, -0.1) is 5.11 Å². The fourth-order valence-electron chi connectivity index (χ4n) is 1.30. The maximum Gasteiger partial charge on any atom is 0.0999 e. The van der Waals surface area contributed by atoms with Crippen LogP contribution in [-0.2, 0) is 0 Å². The van der Waals surface area contributed by atoms with Gasteiger partial charge in [-0.25, -0.2) is 0 Å². The average Bonchev–Trinajstić information content (AvgIpc) is 2.29.